The largest absolute Gasteiger partial charge is 0.309 e. The lowest BCUT2D eigenvalue weighted by atomic mass is 10.1. The number of anilines is 1. The molecule has 1 saturated carbocycles. The zero-order valence-electron chi connectivity index (χ0n) is 10.7. The van der Waals surface area contributed by atoms with Crippen LogP contribution in [-0.2, 0) is 17.6 Å². The van der Waals surface area contributed by atoms with E-state index >= 15 is 0 Å². The lowest BCUT2D eigenvalue weighted by Gasteiger charge is -2.22. The SMILES string of the molecule is CC1Cc2cc(CCCl)ccc2N1C(=O)C1CC1. The highest BCUT2D eigenvalue weighted by atomic mass is 35.5. The smallest absolute Gasteiger partial charge is 0.230 e. The van der Waals surface area contributed by atoms with Crippen molar-refractivity contribution in [1.29, 1.82) is 0 Å². The van der Waals surface area contributed by atoms with Gasteiger partial charge in [-0.15, -0.1) is 11.6 Å². The molecule has 0 saturated heterocycles. The summed E-state index contributed by atoms with van der Waals surface area (Å²) in [5, 5.41) is 0. The molecule has 0 bridgehead atoms. The van der Waals surface area contributed by atoms with Crippen LogP contribution in [0.5, 0.6) is 0 Å². The minimum Gasteiger partial charge on any atom is -0.309 e. The van der Waals surface area contributed by atoms with Gasteiger partial charge < -0.3 is 4.90 Å². The third kappa shape index (κ3) is 2.03. The molecule has 1 aromatic rings. The first kappa shape index (κ1) is 12.0. The number of nitrogens with zero attached hydrogens (tertiary/aromatic N) is 1. The third-order valence-electron chi connectivity index (χ3n) is 3.91. The van der Waals surface area contributed by atoms with Gasteiger partial charge in [0, 0.05) is 23.5 Å². The van der Waals surface area contributed by atoms with Gasteiger partial charge in [0.1, 0.15) is 0 Å². The van der Waals surface area contributed by atoms with Crippen molar-refractivity contribution in [3.63, 3.8) is 0 Å². The first-order chi connectivity index (χ1) is 8.70. The Kier molecular flexibility index (Phi) is 3.06. The lowest BCUT2D eigenvalue weighted by Crippen LogP contribution is -2.36. The third-order valence-corrected chi connectivity index (χ3v) is 4.10. The summed E-state index contributed by atoms with van der Waals surface area (Å²) in [5.41, 5.74) is 3.70. The second kappa shape index (κ2) is 4.58. The van der Waals surface area contributed by atoms with Crippen LogP contribution < -0.4 is 4.90 Å². The maximum atomic E-state index is 12.3. The van der Waals surface area contributed by atoms with E-state index in [0.717, 1.165) is 31.4 Å². The predicted molar refractivity (Wildman–Crippen MR) is 74.2 cm³/mol. The van der Waals surface area contributed by atoms with Gasteiger partial charge in [-0.05, 0) is 49.8 Å². The summed E-state index contributed by atoms with van der Waals surface area (Å²) in [4.78, 5) is 14.3. The number of hydrogen-bond acceptors (Lipinski definition) is 1. The molecule has 3 rings (SSSR count). The summed E-state index contributed by atoms with van der Waals surface area (Å²) in [5.74, 6) is 1.27. The molecule has 0 radical (unpaired) electrons. The van der Waals surface area contributed by atoms with Gasteiger partial charge in [0.15, 0.2) is 0 Å². The van der Waals surface area contributed by atoms with E-state index in [1.165, 1.54) is 11.1 Å². The fourth-order valence-electron chi connectivity index (χ4n) is 2.81. The molecule has 1 atom stereocenters. The van der Waals surface area contributed by atoms with Crippen LogP contribution in [0.2, 0.25) is 0 Å². The fourth-order valence-corrected chi connectivity index (χ4v) is 3.03. The summed E-state index contributed by atoms with van der Waals surface area (Å²) < 4.78 is 0. The number of fused-ring (bicyclic) bond motifs is 1. The maximum Gasteiger partial charge on any atom is 0.230 e. The Morgan fingerprint density at radius 3 is 2.89 bits per heavy atom. The molecule has 3 heteroatoms. The van der Waals surface area contributed by atoms with Crippen molar-refractivity contribution in [2.24, 2.45) is 5.92 Å². The van der Waals surface area contributed by atoms with Gasteiger partial charge in [-0.3, -0.25) is 4.79 Å². The zero-order valence-corrected chi connectivity index (χ0v) is 11.4. The van der Waals surface area contributed by atoms with Gasteiger partial charge in [-0.2, -0.15) is 0 Å². The van der Waals surface area contributed by atoms with E-state index < -0.39 is 0 Å². The Hall–Kier alpha value is -1.02. The number of alkyl halides is 1. The molecule has 1 amide bonds. The molecule has 0 spiro atoms. The van der Waals surface area contributed by atoms with Gasteiger partial charge in [0.05, 0.1) is 0 Å². The van der Waals surface area contributed by atoms with E-state index in [0.29, 0.717) is 23.7 Å². The molecule has 1 fully saturated rings. The van der Waals surface area contributed by atoms with Crippen molar-refractivity contribution in [1.82, 2.24) is 0 Å². The van der Waals surface area contributed by atoms with E-state index in [4.69, 9.17) is 11.6 Å². The van der Waals surface area contributed by atoms with Crippen LogP contribution in [0, 0.1) is 5.92 Å². The van der Waals surface area contributed by atoms with E-state index in [2.05, 4.69) is 25.1 Å². The first-order valence-electron chi connectivity index (χ1n) is 6.71. The van der Waals surface area contributed by atoms with E-state index in [-0.39, 0.29) is 0 Å². The van der Waals surface area contributed by atoms with Crippen LogP contribution in [0.4, 0.5) is 5.69 Å². The van der Waals surface area contributed by atoms with Crippen LogP contribution in [-0.4, -0.2) is 17.8 Å². The average molecular weight is 264 g/mol. The fraction of sp³-hybridized carbons (Fsp3) is 0.533. The summed E-state index contributed by atoms with van der Waals surface area (Å²) >= 11 is 5.78. The molecule has 1 aliphatic carbocycles. The minimum atomic E-state index is 0.293. The minimum absolute atomic E-state index is 0.293. The van der Waals surface area contributed by atoms with E-state index in [1.54, 1.807) is 0 Å². The summed E-state index contributed by atoms with van der Waals surface area (Å²) in [7, 11) is 0. The number of hydrogen-bond donors (Lipinski definition) is 0. The predicted octanol–water partition coefficient (Wildman–Crippen LogP) is 3.16. The van der Waals surface area contributed by atoms with Gasteiger partial charge in [0.25, 0.3) is 0 Å². The molecule has 0 N–H and O–H groups in total. The molecule has 18 heavy (non-hydrogen) atoms. The van der Waals surface area contributed by atoms with Crippen LogP contribution >= 0.6 is 11.6 Å². The number of carbonyl (C=O) groups is 1. The number of rotatable bonds is 3. The first-order valence-corrected chi connectivity index (χ1v) is 7.25. The van der Waals surface area contributed by atoms with E-state index in [1.807, 2.05) is 4.90 Å². The molecule has 1 aliphatic heterocycles. The highest BCUT2D eigenvalue weighted by Crippen LogP contribution is 2.39. The Balaban J connectivity index is 1.90. The van der Waals surface area contributed by atoms with E-state index in [9.17, 15) is 4.79 Å². The quantitative estimate of drug-likeness (QED) is 0.767. The molecular formula is C15H18ClNO. The average Bonchev–Trinajstić information content (AvgIpc) is 3.12. The van der Waals surface area contributed by atoms with Gasteiger partial charge in [-0.25, -0.2) is 0 Å². The maximum absolute atomic E-state index is 12.3. The summed E-state index contributed by atoms with van der Waals surface area (Å²) in [6, 6.07) is 6.72. The molecule has 96 valence electrons. The Morgan fingerprint density at radius 1 is 1.44 bits per heavy atom. The Morgan fingerprint density at radius 2 is 2.22 bits per heavy atom. The van der Waals surface area contributed by atoms with Gasteiger partial charge in [0.2, 0.25) is 5.91 Å². The second-order valence-corrected chi connectivity index (χ2v) is 5.82. The van der Waals surface area contributed by atoms with Crippen molar-refractivity contribution in [2.45, 2.75) is 38.6 Å². The number of aryl methyl sites for hydroxylation is 1. The highest BCUT2D eigenvalue weighted by molar-refractivity contribution is 6.18. The number of carbonyl (C=O) groups excluding carboxylic acids is 1. The monoisotopic (exact) mass is 263 g/mol. The van der Waals surface area contributed by atoms with Gasteiger partial charge >= 0.3 is 0 Å². The topological polar surface area (TPSA) is 20.3 Å². The summed E-state index contributed by atoms with van der Waals surface area (Å²) in [6.45, 7) is 2.14. The number of amides is 1. The highest BCUT2D eigenvalue weighted by Gasteiger charge is 2.39. The lowest BCUT2D eigenvalue weighted by molar-refractivity contribution is -0.120. The summed E-state index contributed by atoms with van der Waals surface area (Å²) in [6.07, 6.45) is 4.02. The van der Waals surface area contributed by atoms with Crippen LogP contribution in [0.15, 0.2) is 18.2 Å². The van der Waals surface area contributed by atoms with Crippen molar-refractivity contribution in [3.8, 4) is 0 Å². The molecule has 1 heterocycles. The van der Waals surface area contributed by atoms with Crippen LogP contribution in [0.1, 0.15) is 30.9 Å². The second-order valence-electron chi connectivity index (χ2n) is 5.44. The molecule has 1 aromatic carbocycles. The number of halogens is 1. The molecule has 2 aliphatic rings. The number of benzene rings is 1. The van der Waals surface area contributed by atoms with Crippen molar-refractivity contribution >= 4 is 23.2 Å². The normalized spacial score (nSPS) is 22.1. The van der Waals surface area contributed by atoms with Crippen molar-refractivity contribution in [3.05, 3.63) is 29.3 Å². The standard InChI is InChI=1S/C15H18ClNO/c1-10-8-13-9-11(6-7-16)2-5-14(13)17(10)15(18)12-3-4-12/h2,5,9-10,12H,3-4,6-8H2,1H3. The van der Waals surface area contributed by atoms with Gasteiger partial charge in [-0.1, -0.05) is 12.1 Å². The van der Waals surface area contributed by atoms with Crippen LogP contribution in [0.3, 0.4) is 0 Å². The molecule has 1 unspecified atom stereocenters. The van der Waals surface area contributed by atoms with Crippen molar-refractivity contribution < 1.29 is 4.79 Å². The molecule has 2 nitrogen and oxygen atoms in total. The van der Waals surface area contributed by atoms with Crippen LogP contribution in [0.25, 0.3) is 0 Å². The van der Waals surface area contributed by atoms with Crippen molar-refractivity contribution in [2.75, 3.05) is 10.8 Å². The Bertz CT molecular complexity index is 481. The Labute approximate surface area is 113 Å². The molecule has 0 aromatic heterocycles. The zero-order chi connectivity index (χ0) is 12.7. The molecular weight excluding hydrogens is 246 g/mol.